The molecule has 0 radical (unpaired) electrons. The van der Waals surface area contributed by atoms with E-state index in [0.717, 1.165) is 31.9 Å². The van der Waals surface area contributed by atoms with Gasteiger partial charge < -0.3 is 14.2 Å². The molecule has 2 fully saturated rings. The van der Waals surface area contributed by atoms with Crippen LogP contribution in [0.3, 0.4) is 0 Å². The minimum Gasteiger partial charge on any atom is -0.459 e. The normalized spacial score (nSPS) is 24.4. The molecule has 2 aliphatic rings. The van der Waals surface area contributed by atoms with E-state index in [9.17, 15) is 4.79 Å². The molecule has 0 N–H and O–H groups in total. The van der Waals surface area contributed by atoms with Crippen molar-refractivity contribution in [2.45, 2.75) is 24.9 Å². The summed E-state index contributed by atoms with van der Waals surface area (Å²) in [6.07, 6.45) is 7.11. The van der Waals surface area contributed by atoms with Crippen LogP contribution in [-0.2, 0) is 0 Å². The Morgan fingerprint density at radius 2 is 1.86 bits per heavy atom. The summed E-state index contributed by atoms with van der Waals surface area (Å²) in [5, 5.41) is 0. The molecule has 2 saturated heterocycles. The van der Waals surface area contributed by atoms with Crippen LogP contribution in [0.5, 0.6) is 0 Å². The van der Waals surface area contributed by atoms with E-state index >= 15 is 0 Å². The monoisotopic (exact) mass is 284 g/mol. The Labute approximate surface area is 122 Å². The lowest BCUT2D eigenvalue weighted by molar-refractivity contribution is 0.0607. The molecule has 2 aromatic heterocycles. The lowest BCUT2D eigenvalue weighted by atomic mass is 10.2. The summed E-state index contributed by atoms with van der Waals surface area (Å²) >= 11 is 0. The van der Waals surface area contributed by atoms with E-state index in [0.29, 0.717) is 5.76 Å². The number of hydrogen-bond acceptors (Lipinski definition) is 5. The molecule has 0 aromatic carbocycles. The van der Waals surface area contributed by atoms with Gasteiger partial charge in [0.2, 0.25) is 5.95 Å². The lowest BCUT2D eigenvalue weighted by Gasteiger charge is -2.40. The Morgan fingerprint density at radius 3 is 2.48 bits per heavy atom. The molecule has 6 nitrogen and oxygen atoms in total. The molecule has 6 heteroatoms. The molecule has 4 heterocycles. The predicted molar refractivity (Wildman–Crippen MR) is 75.9 cm³/mol. The van der Waals surface area contributed by atoms with Crippen LogP contribution in [0.4, 0.5) is 5.95 Å². The van der Waals surface area contributed by atoms with Gasteiger partial charge in [0, 0.05) is 25.5 Å². The number of rotatable bonds is 2. The van der Waals surface area contributed by atoms with Crippen molar-refractivity contribution in [3.8, 4) is 0 Å². The fourth-order valence-corrected chi connectivity index (χ4v) is 3.38. The first kappa shape index (κ1) is 12.4. The summed E-state index contributed by atoms with van der Waals surface area (Å²) in [6, 6.07) is 5.72. The lowest BCUT2D eigenvalue weighted by Crippen LogP contribution is -2.56. The van der Waals surface area contributed by atoms with Crippen LogP contribution in [-0.4, -0.2) is 45.9 Å². The maximum Gasteiger partial charge on any atom is 0.290 e. The standard InChI is InChI=1S/C15H16N4O2/c20-14(13-3-1-8-21-13)19-11-4-5-12(19)10-18(9-11)15-16-6-2-7-17-15/h1-3,6-8,11-12H,4-5,9-10H2. The van der Waals surface area contributed by atoms with Gasteiger partial charge in [-0.1, -0.05) is 0 Å². The largest absolute Gasteiger partial charge is 0.459 e. The number of aromatic nitrogens is 2. The van der Waals surface area contributed by atoms with E-state index in [-0.39, 0.29) is 18.0 Å². The Morgan fingerprint density at radius 1 is 1.14 bits per heavy atom. The highest BCUT2D eigenvalue weighted by molar-refractivity contribution is 5.92. The summed E-state index contributed by atoms with van der Waals surface area (Å²) in [4.78, 5) is 25.3. The first-order valence-electron chi connectivity index (χ1n) is 7.21. The SMILES string of the molecule is O=C(c1ccco1)N1C2CCC1CN(c1ncccn1)C2. The van der Waals surface area contributed by atoms with Crippen LogP contribution in [0, 0.1) is 0 Å². The zero-order valence-corrected chi connectivity index (χ0v) is 11.6. The number of carbonyl (C=O) groups is 1. The molecular weight excluding hydrogens is 268 g/mol. The van der Waals surface area contributed by atoms with Crippen molar-refractivity contribution >= 4 is 11.9 Å². The maximum absolute atomic E-state index is 12.5. The number of fused-ring (bicyclic) bond motifs is 2. The highest BCUT2D eigenvalue weighted by atomic mass is 16.3. The average molecular weight is 284 g/mol. The maximum atomic E-state index is 12.5. The molecule has 0 saturated carbocycles. The van der Waals surface area contributed by atoms with Gasteiger partial charge in [-0.05, 0) is 31.0 Å². The fraction of sp³-hybridized carbons (Fsp3) is 0.400. The summed E-state index contributed by atoms with van der Waals surface area (Å²) in [6.45, 7) is 1.57. The molecule has 2 atom stereocenters. The van der Waals surface area contributed by atoms with Gasteiger partial charge in [-0.2, -0.15) is 0 Å². The van der Waals surface area contributed by atoms with Crippen molar-refractivity contribution in [3.63, 3.8) is 0 Å². The second-order valence-corrected chi connectivity index (χ2v) is 5.53. The first-order chi connectivity index (χ1) is 10.3. The first-order valence-corrected chi connectivity index (χ1v) is 7.21. The summed E-state index contributed by atoms with van der Waals surface area (Å²) in [5.74, 6) is 1.18. The molecule has 2 aliphatic heterocycles. The van der Waals surface area contributed by atoms with Gasteiger partial charge >= 0.3 is 0 Å². The van der Waals surface area contributed by atoms with Crippen molar-refractivity contribution < 1.29 is 9.21 Å². The highest BCUT2D eigenvalue weighted by Gasteiger charge is 2.43. The molecule has 21 heavy (non-hydrogen) atoms. The minimum absolute atomic E-state index is 0.00105. The Balaban J connectivity index is 1.56. The van der Waals surface area contributed by atoms with Crippen molar-refractivity contribution in [1.82, 2.24) is 14.9 Å². The third kappa shape index (κ3) is 2.07. The van der Waals surface area contributed by atoms with Gasteiger partial charge in [0.05, 0.1) is 18.3 Å². The Bertz CT molecular complexity index is 614. The summed E-state index contributed by atoms with van der Waals surface area (Å²) in [7, 11) is 0. The molecule has 108 valence electrons. The summed E-state index contributed by atoms with van der Waals surface area (Å²) < 4.78 is 5.25. The van der Waals surface area contributed by atoms with E-state index in [4.69, 9.17) is 4.42 Å². The topological polar surface area (TPSA) is 62.5 Å². The van der Waals surface area contributed by atoms with Crippen LogP contribution in [0.2, 0.25) is 0 Å². The van der Waals surface area contributed by atoms with E-state index in [1.54, 1.807) is 30.8 Å². The molecule has 2 unspecified atom stereocenters. The second-order valence-electron chi connectivity index (χ2n) is 5.53. The molecule has 0 aliphatic carbocycles. The van der Waals surface area contributed by atoms with Crippen molar-refractivity contribution in [2.75, 3.05) is 18.0 Å². The van der Waals surface area contributed by atoms with Gasteiger partial charge in [0.1, 0.15) is 0 Å². The fourth-order valence-electron chi connectivity index (χ4n) is 3.38. The van der Waals surface area contributed by atoms with E-state index in [1.807, 2.05) is 11.0 Å². The molecular formula is C15H16N4O2. The number of carbonyl (C=O) groups excluding carboxylic acids is 1. The number of hydrogen-bond donors (Lipinski definition) is 0. The van der Waals surface area contributed by atoms with Crippen LogP contribution >= 0.6 is 0 Å². The number of piperazine rings is 1. The van der Waals surface area contributed by atoms with E-state index in [2.05, 4.69) is 14.9 Å². The van der Waals surface area contributed by atoms with Crippen molar-refractivity contribution in [3.05, 3.63) is 42.6 Å². The zero-order valence-electron chi connectivity index (χ0n) is 11.6. The Kier molecular flexibility index (Phi) is 2.87. The highest BCUT2D eigenvalue weighted by Crippen LogP contribution is 2.32. The predicted octanol–water partition coefficient (Wildman–Crippen LogP) is 1.56. The number of amides is 1. The third-order valence-corrected chi connectivity index (χ3v) is 4.28. The number of anilines is 1. The quantitative estimate of drug-likeness (QED) is 0.837. The van der Waals surface area contributed by atoms with Gasteiger partial charge in [0.25, 0.3) is 5.91 Å². The van der Waals surface area contributed by atoms with Crippen LogP contribution < -0.4 is 4.90 Å². The van der Waals surface area contributed by atoms with E-state index < -0.39 is 0 Å². The molecule has 2 aromatic rings. The minimum atomic E-state index is 0.00105. The van der Waals surface area contributed by atoms with Crippen LogP contribution in [0.1, 0.15) is 23.4 Å². The Hall–Kier alpha value is -2.37. The van der Waals surface area contributed by atoms with Gasteiger partial charge in [-0.25, -0.2) is 9.97 Å². The van der Waals surface area contributed by atoms with Gasteiger partial charge in [-0.3, -0.25) is 4.79 Å². The smallest absolute Gasteiger partial charge is 0.290 e. The average Bonchev–Trinajstić information content (AvgIpc) is 3.14. The van der Waals surface area contributed by atoms with Gasteiger partial charge in [0.15, 0.2) is 5.76 Å². The van der Waals surface area contributed by atoms with Crippen LogP contribution in [0.25, 0.3) is 0 Å². The second kappa shape index (κ2) is 4.87. The number of furan rings is 1. The van der Waals surface area contributed by atoms with Crippen molar-refractivity contribution in [2.24, 2.45) is 0 Å². The molecule has 2 bridgehead atoms. The molecule has 1 amide bonds. The summed E-state index contributed by atoms with van der Waals surface area (Å²) in [5.41, 5.74) is 0. The molecule has 4 rings (SSSR count). The van der Waals surface area contributed by atoms with E-state index in [1.165, 1.54) is 0 Å². The van der Waals surface area contributed by atoms with Crippen LogP contribution in [0.15, 0.2) is 41.3 Å². The zero-order chi connectivity index (χ0) is 14.2. The van der Waals surface area contributed by atoms with Crippen molar-refractivity contribution in [1.29, 1.82) is 0 Å². The molecule has 0 spiro atoms. The third-order valence-electron chi connectivity index (χ3n) is 4.28. The van der Waals surface area contributed by atoms with Gasteiger partial charge in [-0.15, -0.1) is 0 Å². The number of nitrogens with zero attached hydrogens (tertiary/aromatic N) is 4.